The molecule has 2 aliphatic rings. The molecule has 0 radical (unpaired) electrons. The first-order valence-corrected chi connectivity index (χ1v) is 32.7. The second kappa shape index (κ2) is 50.7. The van der Waals surface area contributed by atoms with Crippen LogP contribution in [0.5, 0.6) is 0 Å². The van der Waals surface area contributed by atoms with Gasteiger partial charge in [0.1, 0.15) is 48.8 Å². The Labute approximate surface area is 481 Å². The minimum Gasteiger partial charge on any atom is -0.394 e. The molecule has 2 aliphatic heterocycles. The van der Waals surface area contributed by atoms with E-state index in [1.807, 2.05) is 6.08 Å². The van der Waals surface area contributed by atoms with Crippen LogP contribution in [0.2, 0.25) is 0 Å². The lowest BCUT2D eigenvalue weighted by atomic mass is 9.97. The Hall–Kier alpha value is -1.79. The molecule has 2 heterocycles. The first-order valence-electron chi connectivity index (χ1n) is 32.7. The quantitative estimate of drug-likeness (QED) is 0.0204. The van der Waals surface area contributed by atoms with Gasteiger partial charge >= 0.3 is 0 Å². The molecule has 12 unspecified atom stereocenters. The number of carbonyl (C=O) groups excluding carboxylic acids is 1. The molecule has 14 heteroatoms. The summed E-state index contributed by atoms with van der Waals surface area (Å²) in [6.45, 7) is 2.71. The SMILES string of the molecule is CCCCCC/C=C/C(O)C(COC1OC(CO)C(OC2OC(CO)C(O)C(O)C2O)C(O)C1O)NC(=O)CCCCCCCCCCCCCCCCCCCCCCCCCCCCC/C=C\C/C=C\CCCCCCC. The van der Waals surface area contributed by atoms with Gasteiger partial charge in [-0.25, -0.2) is 0 Å². The van der Waals surface area contributed by atoms with Crippen molar-refractivity contribution in [1.82, 2.24) is 5.32 Å². The van der Waals surface area contributed by atoms with Crippen LogP contribution < -0.4 is 5.32 Å². The number of hydrogen-bond donors (Lipinski definition) is 9. The lowest BCUT2D eigenvalue weighted by Gasteiger charge is -2.46. The van der Waals surface area contributed by atoms with Gasteiger partial charge in [-0.2, -0.15) is 0 Å². The van der Waals surface area contributed by atoms with Gasteiger partial charge in [0.05, 0.1) is 32.0 Å². The van der Waals surface area contributed by atoms with Crippen LogP contribution in [0, 0.1) is 0 Å². The van der Waals surface area contributed by atoms with E-state index in [-0.39, 0.29) is 18.9 Å². The van der Waals surface area contributed by atoms with E-state index in [0.29, 0.717) is 6.42 Å². The fraction of sp³-hybridized carbons (Fsp3) is 0.892. The monoisotopic (exact) mass is 1120 g/mol. The van der Waals surface area contributed by atoms with E-state index >= 15 is 0 Å². The largest absolute Gasteiger partial charge is 0.394 e. The van der Waals surface area contributed by atoms with Crippen LogP contribution in [-0.2, 0) is 23.7 Å². The van der Waals surface area contributed by atoms with E-state index in [1.54, 1.807) is 6.08 Å². The number of nitrogens with one attached hydrogen (secondary N) is 1. The molecule has 2 fully saturated rings. The molecule has 9 N–H and O–H groups in total. The molecule has 0 saturated carbocycles. The molecule has 0 aromatic rings. The van der Waals surface area contributed by atoms with Crippen LogP contribution in [-0.4, -0.2) is 140 Å². The maximum Gasteiger partial charge on any atom is 0.220 e. The molecule has 14 nitrogen and oxygen atoms in total. The topological polar surface area (TPSA) is 228 Å². The Kier molecular flexibility index (Phi) is 47.0. The number of rotatable bonds is 53. The number of ether oxygens (including phenoxy) is 4. The van der Waals surface area contributed by atoms with Gasteiger partial charge in [0.2, 0.25) is 5.91 Å². The predicted octanol–water partition coefficient (Wildman–Crippen LogP) is 12.2. The molecule has 0 aromatic heterocycles. The van der Waals surface area contributed by atoms with E-state index in [4.69, 9.17) is 18.9 Å². The Morgan fingerprint density at radius 1 is 0.456 bits per heavy atom. The van der Waals surface area contributed by atoms with Crippen LogP contribution in [0.4, 0.5) is 0 Å². The summed E-state index contributed by atoms with van der Waals surface area (Å²) in [5, 5.41) is 86.6. The number of allylic oxidation sites excluding steroid dienone is 5. The smallest absolute Gasteiger partial charge is 0.220 e. The first kappa shape index (κ1) is 73.3. The highest BCUT2D eigenvalue weighted by Gasteiger charge is 2.51. The van der Waals surface area contributed by atoms with Crippen molar-refractivity contribution in [2.75, 3.05) is 19.8 Å². The maximum absolute atomic E-state index is 13.2. The van der Waals surface area contributed by atoms with Crippen LogP contribution in [0.1, 0.15) is 277 Å². The summed E-state index contributed by atoms with van der Waals surface area (Å²) in [7, 11) is 0. The third kappa shape index (κ3) is 35.8. The Morgan fingerprint density at radius 3 is 1.28 bits per heavy atom. The zero-order chi connectivity index (χ0) is 57.4. The van der Waals surface area contributed by atoms with E-state index < -0.39 is 86.8 Å². The molecular weight excluding hydrogens is 1000 g/mol. The van der Waals surface area contributed by atoms with E-state index in [9.17, 15) is 45.6 Å². The van der Waals surface area contributed by atoms with Gasteiger partial charge in [0.25, 0.3) is 0 Å². The number of aliphatic hydroxyl groups excluding tert-OH is 8. The number of amides is 1. The van der Waals surface area contributed by atoms with Crippen molar-refractivity contribution in [3.8, 4) is 0 Å². The summed E-state index contributed by atoms with van der Waals surface area (Å²) in [5.41, 5.74) is 0. The summed E-state index contributed by atoms with van der Waals surface area (Å²) < 4.78 is 22.6. The summed E-state index contributed by atoms with van der Waals surface area (Å²) in [4.78, 5) is 13.2. The molecule has 0 bridgehead atoms. The zero-order valence-corrected chi connectivity index (χ0v) is 50.1. The average molecular weight is 1120 g/mol. The first-order chi connectivity index (χ1) is 38.6. The number of aliphatic hydroxyl groups is 8. The lowest BCUT2D eigenvalue weighted by Crippen LogP contribution is -2.65. The normalized spacial score (nSPS) is 24.6. The van der Waals surface area contributed by atoms with Crippen LogP contribution in [0.25, 0.3) is 0 Å². The minimum atomic E-state index is -1.79. The van der Waals surface area contributed by atoms with Gasteiger partial charge < -0.3 is 65.1 Å². The maximum atomic E-state index is 13.2. The standard InChI is InChI=1S/C65H121NO13/c1-3-5-7-9-11-12-13-14-15-16-17-18-19-20-21-22-23-24-25-26-27-28-29-30-31-32-33-34-35-36-37-38-39-40-41-42-43-45-47-49-57(70)66-53(54(69)48-46-44-10-8-6-4-2)52-76-64-62(75)60(73)63(56(51-68)78-64)79-65-61(74)59(72)58(71)55(50-67)77-65/h13-14,16-17,46,48,53-56,58-65,67-69,71-75H,3-12,15,18-45,47,49-52H2,1-2H3,(H,66,70)/b14-13-,17-16-,48-46+. The van der Waals surface area contributed by atoms with Crippen molar-refractivity contribution in [3.05, 3.63) is 36.5 Å². The van der Waals surface area contributed by atoms with E-state index in [2.05, 4.69) is 43.5 Å². The van der Waals surface area contributed by atoms with Gasteiger partial charge in [0, 0.05) is 6.42 Å². The molecule has 464 valence electrons. The Morgan fingerprint density at radius 2 is 0.835 bits per heavy atom. The van der Waals surface area contributed by atoms with Crippen molar-refractivity contribution in [2.45, 2.75) is 351 Å². The molecule has 2 saturated heterocycles. The molecule has 2 rings (SSSR count). The van der Waals surface area contributed by atoms with Crippen molar-refractivity contribution in [3.63, 3.8) is 0 Å². The predicted molar refractivity (Wildman–Crippen MR) is 318 cm³/mol. The summed E-state index contributed by atoms with van der Waals surface area (Å²) in [5.74, 6) is -0.241. The van der Waals surface area contributed by atoms with Gasteiger partial charge in [0.15, 0.2) is 12.6 Å². The highest BCUT2D eigenvalue weighted by molar-refractivity contribution is 5.76. The summed E-state index contributed by atoms with van der Waals surface area (Å²) in [6.07, 6.45) is 47.2. The second-order valence-electron chi connectivity index (χ2n) is 23.2. The molecule has 0 spiro atoms. The van der Waals surface area contributed by atoms with Crippen molar-refractivity contribution in [1.29, 1.82) is 0 Å². The molecule has 79 heavy (non-hydrogen) atoms. The second-order valence-corrected chi connectivity index (χ2v) is 23.2. The lowest BCUT2D eigenvalue weighted by molar-refractivity contribution is -0.359. The van der Waals surface area contributed by atoms with E-state index in [0.717, 1.165) is 57.8 Å². The minimum absolute atomic E-state index is 0.241. The van der Waals surface area contributed by atoms with Crippen molar-refractivity contribution in [2.24, 2.45) is 0 Å². The highest BCUT2D eigenvalue weighted by atomic mass is 16.7. The molecule has 0 aliphatic carbocycles. The van der Waals surface area contributed by atoms with Crippen LogP contribution in [0.15, 0.2) is 36.5 Å². The molecule has 12 atom stereocenters. The summed E-state index contributed by atoms with van der Waals surface area (Å²) >= 11 is 0. The summed E-state index contributed by atoms with van der Waals surface area (Å²) in [6, 6.07) is -0.908. The van der Waals surface area contributed by atoms with Gasteiger partial charge in [-0.3, -0.25) is 4.79 Å². The van der Waals surface area contributed by atoms with Gasteiger partial charge in [-0.1, -0.05) is 256 Å². The van der Waals surface area contributed by atoms with E-state index in [1.165, 1.54) is 193 Å². The third-order valence-electron chi connectivity index (χ3n) is 16.1. The zero-order valence-electron chi connectivity index (χ0n) is 50.1. The Balaban J connectivity index is 1.47. The Bertz CT molecular complexity index is 1460. The van der Waals surface area contributed by atoms with Crippen LogP contribution >= 0.6 is 0 Å². The van der Waals surface area contributed by atoms with Crippen LogP contribution in [0.3, 0.4) is 0 Å². The third-order valence-corrected chi connectivity index (χ3v) is 16.1. The van der Waals surface area contributed by atoms with Gasteiger partial charge in [-0.15, -0.1) is 0 Å². The molecule has 0 aromatic carbocycles. The van der Waals surface area contributed by atoms with Crippen molar-refractivity contribution < 1.29 is 64.6 Å². The highest BCUT2D eigenvalue weighted by Crippen LogP contribution is 2.30. The molecular formula is C65H121NO13. The number of carbonyl (C=O) groups is 1. The van der Waals surface area contributed by atoms with Crippen molar-refractivity contribution >= 4 is 5.91 Å². The average Bonchev–Trinajstić information content (AvgIpc) is 3.48. The molecule has 1 amide bonds. The fourth-order valence-electron chi connectivity index (χ4n) is 10.8. The number of unbranched alkanes of at least 4 members (excludes halogenated alkanes) is 36. The number of hydrogen-bond acceptors (Lipinski definition) is 13. The van der Waals surface area contributed by atoms with Gasteiger partial charge in [-0.05, 0) is 51.4 Å². The fourth-order valence-corrected chi connectivity index (χ4v) is 10.8.